The second-order valence-corrected chi connectivity index (χ2v) is 8.18. The molecule has 0 aliphatic heterocycles. The lowest BCUT2D eigenvalue weighted by atomic mass is 9.79. The number of benzene rings is 2. The van der Waals surface area contributed by atoms with Gasteiger partial charge in [-0.05, 0) is 67.2 Å². The van der Waals surface area contributed by atoms with Crippen LogP contribution in [0.3, 0.4) is 0 Å². The van der Waals surface area contributed by atoms with E-state index in [1.807, 2.05) is 12.1 Å². The van der Waals surface area contributed by atoms with E-state index in [-0.39, 0.29) is 11.5 Å². The number of aryl methyl sites for hydroxylation is 1. The number of hydrogen-bond acceptors (Lipinski definition) is 1. The fraction of sp³-hybridized carbons (Fsp3) is 0.350. The highest BCUT2D eigenvalue weighted by atomic mass is 79.9. The predicted molar refractivity (Wildman–Crippen MR) is 112 cm³/mol. The molecule has 2 rings (SSSR count). The topological polar surface area (TPSA) is 24.1 Å². The molecule has 0 radical (unpaired) electrons. The smallest absolute Gasteiger partial charge is 0.170 e. The summed E-state index contributed by atoms with van der Waals surface area (Å²) in [7, 11) is 0. The first-order chi connectivity index (χ1) is 11.3. The number of rotatable bonds is 5. The molecule has 128 valence electrons. The van der Waals surface area contributed by atoms with Gasteiger partial charge in [-0.1, -0.05) is 60.1 Å². The highest BCUT2D eigenvalue weighted by molar-refractivity contribution is 9.10. The Morgan fingerprint density at radius 3 is 2.46 bits per heavy atom. The van der Waals surface area contributed by atoms with Crippen molar-refractivity contribution in [3.05, 3.63) is 64.1 Å². The van der Waals surface area contributed by atoms with Gasteiger partial charge in [0.15, 0.2) is 5.11 Å². The molecule has 0 saturated heterocycles. The zero-order chi connectivity index (χ0) is 17.7. The molecule has 24 heavy (non-hydrogen) atoms. The van der Waals surface area contributed by atoms with Crippen molar-refractivity contribution in [1.82, 2.24) is 5.32 Å². The highest BCUT2D eigenvalue weighted by Gasteiger charge is 2.23. The van der Waals surface area contributed by atoms with E-state index in [2.05, 4.69) is 90.7 Å². The van der Waals surface area contributed by atoms with Crippen LogP contribution in [0, 0.1) is 6.92 Å². The van der Waals surface area contributed by atoms with Crippen LogP contribution in [0.5, 0.6) is 0 Å². The predicted octanol–water partition coefficient (Wildman–Crippen LogP) is 5.80. The lowest BCUT2D eigenvalue weighted by Crippen LogP contribution is -2.39. The minimum atomic E-state index is 0.0947. The maximum atomic E-state index is 5.46. The summed E-state index contributed by atoms with van der Waals surface area (Å²) < 4.78 is 1.10. The molecule has 2 aromatic rings. The van der Waals surface area contributed by atoms with E-state index >= 15 is 0 Å². The van der Waals surface area contributed by atoms with Gasteiger partial charge in [0.2, 0.25) is 0 Å². The molecular weight excluding hydrogens is 380 g/mol. The van der Waals surface area contributed by atoms with E-state index in [9.17, 15) is 0 Å². The van der Waals surface area contributed by atoms with Crippen molar-refractivity contribution in [2.75, 3.05) is 5.32 Å². The molecule has 0 spiro atoms. The van der Waals surface area contributed by atoms with Gasteiger partial charge in [0.05, 0.1) is 0 Å². The van der Waals surface area contributed by atoms with Crippen molar-refractivity contribution in [3.63, 3.8) is 0 Å². The number of halogens is 1. The Morgan fingerprint density at radius 2 is 1.83 bits per heavy atom. The van der Waals surface area contributed by atoms with Crippen LogP contribution in [-0.2, 0) is 5.41 Å². The molecule has 2 aromatic carbocycles. The van der Waals surface area contributed by atoms with Gasteiger partial charge in [0.25, 0.3) is 0 Å². The standard InChI is InChI=1S/C20H25BrN2S/c1-14-12-17(10-11-18(14)21)23-19(24)22-15(2)13-20(3,4)16-8-6-5-7-9-16/h5-12,15H,13H2,1-4H3,(H2,22,23,24)/t15-/m1/s1. The third-order valence-corrected chi connectivity index (χ3v) is 5.27. The van der Waals surface area contributed by atoms with Crippen LogP contribution in [0.4, 0.5) is 5.69 Å². The minimum Gasteiger partial charge on any atom is -0.360 e. The summed E-state index contributed by atoms with van der Waals surface area (Å²) in [6, 6.07) is 17.0. The molecule has 0 bridgehead atoms. The van der Waals surface area contributed by atoms with Gasteiger partial charge < -0.3 is 10.6 Å². The van der Waals surface area contributed by atoms with Crippen LogP contribution >= 0.6 is 28.1 Å². The van der Waals surface area contributed by atoms with E-state index in [0.29, 0.717) is 5.11 Å². The normalized spacial score (nSPS) is 12.5. The van der Waals surface area contributed by atoms with Gasteiger partial charge in [0.1, 0.15) is 0 Å². The van der Waals surface area contributed by atoms with E-state index < -0.39 is 0 Å². The van der Waals surface area contributed by atoms with Gasteiger partial charge in [-0.2, -0.15) is 0 Å². The number of thiocarbonyl (C=S) groups is 1. The molecule has 1 atom stereocenters. The van der Waals surface area contributed by atoms with Crippen molar-refractivity contribution in [2.24, 2.45) is 0 Å². The van der Waals surface area contributed by atoms with Gasteiger partial charge in [-0.15, -0.1) is 0 Å². The highest BCUT2D eigenvalue weighted by Crippen LogP contribution is 2.28. The van der Waals surface area contributed by atoms with Crippen LogP contribution in [0.2, 0.25) is 0 Å². The first kappa shape index (κ1) is 18.9. The first-order valence-corrected chi connectivity index (χ1v) is 9.37. The molecule has 0 fully saturated rings. The second-order valence-electron chi connectivity index (χ2n) is 6.92. The molecule has 0 unspecified atom stereocenters. The Bertz CT molecular complexity index is 698. The van der Waals surface area contributed by atoms with Crippen LogP contribution in [0.25, 0.3) is 0 Å². The number of hydrogen-bond donors (Lipinski definition) is 2. The summed E-state index contributed by atoms with van der Waals surface area (Å²) in [5.41, 5.74) is 3.63. The maximum absolute atomic E-state index is 5.46. The number of nitrogens with one attached hydrogen (secondary N) is 2. The quantitative estimate of drug-likeness (QED) is 0.615. The second kappa shape index (κ2) is 8.13. The summed E-state index contributed by atoms with van der Waals surface area (Å²) in [6.07, 6.45) is 0.998. The fourth-order valence-electron chi connectivity index (χ4n) is 2.94. The first-order valence-electron chi connectivity index (χ1n) is 8.17. The molecular formula is C20H25BrN2S. The largest absolute Gasteiger partial charge is 0.360 e. The van der Waals surface area contributed by atoms with Crippen LogP contribution in [0.1, 0.15) is 38.3 Å². The van der Waals surface area contributed by atoms with E-state index in [1.165, 1.54) is 11.1 Å². The van der Waals surface area contributed by atoms with Crippen molar-refractivity contribution in [1.29, 1.82) is 0 Å². The molecule has 0 aromatic heterocycles. The maximum Gasteiger partial charge on any atom is 0.170 e. The third-order valence-electron chi connectivity index (χ3n) is 4.17. The van der Waals surface area contributed by atoms with Crippen molar-refractivity contribution in [2.45, 2.75) is 45.6 Å². The van der Waals surface area contributed by atoms with Crippen LogP contribution < -0.4 is 10.6 Å². The number of anilines is 1. The summed E-state index contributed by atoms with van der Waals surface area (Å²) in [5.74, 6) is 0. The lowest BCUT2D eigenvalue weighted by molar-refractivity contribution is 0.420. The molecule has 0 aliphatic rings. The molecule has 2 N–H and O–H groups in total. The van der Waals surface area contributed by atoms with Crippen LogP contribution in [-0.4, -0.2) is 11.2 Å². The zero-order valence-corrected chi connectivity index (χ0v) is 17.1. The molecule has 0 saturated carbocycles. The Balaban J connectivity index is 1.92. The minimum absolute atomic E-state index is 0.0947. The Morgan fingerprint density at radius 1 is 1.17 bits per heavy atom. The third kappa shape index (κ3) is 5.32. The Hall–Kier alpha value is -1.39. The summed E-state index contributed by atoms with van der Waals surface area (Å²) >= 11 is 8.98. The van der Waals surface area contributed by atoms with Crippen molar-refractivity contribution < 1.29 is 0 Å². The Kier molecular flexibility index (Phi) is 6.41. The van der Waals surface area contributed by atoms with Gasteiger partial charge >= 0.3 is 0 Å². The average Bonchev–Trinajstić information content (AvgIpc) is 2.51. The lowest BCUT2D eigenvalue weighted by Gasteiger charge is -2.29. The zero-order valence-electron chi connectivity index (χ0n) is 14.7. The van der Waals surface area contributed by atoms with E-state index in [1.54, 1.807) is 0 Å². The molecule has 0 amide bonds. The fourth-order valence-corrected chi connectivity index (χ4v) is 3.50. The molecule has 0 aliphatic carbocycles. The van der Waals surface area contributed by atoms with Gasteiger partial charge in [-0.3, -0.25) is 0 Å². The van der Waals surface area contributed by atoms with Crippen molar-refractivity contribution >= 4 is 38.9 Å². The van der Waals surface area contributed by atoms with Crippen molar-refractivity contribution in [3.8, 4) is 0 Å². The van der Waals surface area contributed by atoms with E-state index in [0.717, 1.165) is 16.6 Å². The SMILES string of the molecule is Cc1cc(NC(=S)N[C@H](C)CC(C)(C)c2ccccc2)ccc1Br. The molecule has 4 heteroatoms. The Labute approximate surface area is 159 Å². The summed E-state index contributed by atoms with van der Waals surface area (Å²) in [4.78, 5) is 0. The van der Waals surface area contributed by atoms with E-state index in [4.69, 9.17) is 12.2 Å². The monoisotopic (exact) mass is 404 g/mol. The molecule has 0 heterocycles. The van der Waals surface area contributed by atoms with Crippen LogP contribution in [0.15, 0.2) is 53.0 Å². The van der Waals surface area contributed by atoms with Gasteiger partial charge in [-0.25, -0.2) is 0 Å². The molecule has 2 nitrogen and oxygen atoms in total. The van der Waals surface area contributed by atoms with Gasteiger partial charge in [0, 0.05) is 16.2 Å². The summed E-state index contributed by atoms with van der Waals surface area (Å²) in [5, 5.41) is 7.32. The summed E-state index contributed by atoms with van der Waals surface area (Å²) in [6.45, 7) is 8.78. The average molecular weight is 405 g/mol.